The van der Waals surface area contributed by atoms with E-state index < -0.39 is 0 Å². The predicted molar refractivity (Wildman–Crippen MR) is 107 cm³/mol. The molecule has 2 heterocycles. The third kappa shape index (κ3) is 3.54. The van der Waals surface area contributed by atoms with Gasteiger partial charge in [-0.15, -0.1) is 0 Å². The summed E-state index contributed by atoms with van der Waals surface area (Å²) in [5.74, 6) is -0.681. The Balaban J connectivity index is 1.75. The highest BCUT2D eigenvalue weighted by molar-refractivity contribution is 7.08. The number of Topliss-reactive ketones (excluding diaryl/α,β-unsaturated/α-hetero) is 1. The SMILES string of the molecule is CC1=C(C(=O)OC2CCCC2)[C@H](c2ccsc2)[C@@H]2C(=O)CC(C)(C)CC2=N1. The van der Waals surface area contributed by atoms with Crippen molar-refractivity contribution < 1.29 is 14.3 Å². The van der Waals surface area contributed by atoms with E-state index in [-0.39, 0.29) is 35.1 Å². The summed E-state index contributed by atoms with van der Waals surface area (Å²) in [4.78, 5) is 31.0. The van der Waals surface area contributed by atoms with Crippen molar-refractivity contribution in [3.8, 4) is 0 Å². The van der Waals surface area contributed by atoms with Crippen molar-refractivity contribution >= 4 is 28.8 Å². The summed E-state index contributed by atoms with van der Waals surface area (Å²) < 4.78 is 5.83. The number of carbonyl (C=O) groups excluding carboxylic acids is 2. The second-order valence-corrected chi connectivity index (χ2v) is 9.69. The van der Waals surface area contributed by atoms with Crippen molar-refractivity contribution in [2.45, 2.75) is 71.3 Å². The third-order valence-electron chi connectivity index (χ3n) is 6.06. The fourth-order valence-electron chi connectivity index (χ4n) is 4.89. The summed E-state index contributed by atoms with van der Waals surface area (Å²) in [6.45, 7) is 6.12. The molecule has 2 atom stereocenters. The summed E-state index contributed by atoms with van der Waals surface area (Å²) in [5.41, 5.74) is 3.19. The van der Waals surface area contributed by atoms with Gasteiger partial charge in [-0.1, -0.05) is 13.8 Å². The molecule has 4 nitrogen and oxygen atoms in total. The Bertz CT molecular complexity index is 813. The van der Waals surface area contributed by atoms with E-state index in [1.807, 2.05) is 18.4 Å². The van der Waals surface area contributed by atoms with Crippen LogP contribution in [-0.2, 0) is 14.3 Å². The number of thiophene rings is 1. The molecule has 1 aromatic heterocycles. The molecule has 144 valence electrons. The van der Waals surface area contributed by atoms with Crippen molar-refractivity contribution in [2.75, 3.05) is 0 Å². The van der Waals surface area contributed by atoms with Crippen LogP contribution in [0.15, 0.2) is 33.1 Å². The average molecular weight is 386 g/mol. The van der Waals surface area contributed by atoms with E-state index in [1.54, 1.807) is 11.3 Å². The number of carbonyl (C=O) groups is 2. The van der Waals surface area contributed by atoms with E-state index >= 15 is 0 Å². The summed E-state index contributed by atoms with van der Waals surface area (Å²) >= 11 is 1.60. The first-order chi connectivity index (χ1) is 12.9. The number of ketones is 1. The molecule has 0 radical (unpaired) electrons. The summed E-state index contributed by atoms with van der Waals surface area (Å²) in [6.07, 6.45) is 5.43. The van der Waals surface area contributed by atoms with Gasteiger partial charge in [0, 0.05) is 23.7 Å². The van der Waals surface area contributed by atoms with E-state index in [0.29, 0.717) is 17.7 Å². The molecule has 3 aliphatic rings. The van der Waals surface area contributed by atoms with Crippen LogP contribution in [0.4, 0.5) is 0 Å². The van der Waals surface area contributed by atoms with Crippen LogP contribution in [-0.4, -0.2) is 23.6 Å². The number of ether oxygens (including phenoxy) is 1. The zero-order valence-corrected chi connectivity index (χ0v) is 17.1. The van der Waals surface area contributed by atoms with Gasteiger partial charge in [-0.25, -0.2) is 4.79 Å². The normalized spacial score (nSPS) is 28.1. The number of esters is 1. The number of fused-ring (bicyclic) bond motifs is 1. The van der Waals surface area contributed by atoms with Crippen molar-refractivity contribution in [3.05, 3.63) is 33.7 Å². The Morgan fingerprint density at radius 3 is 2.63 bits per heavy atom. The van der Waals surface area contributed by atoms with Crippen LogP contribution < -0.4 is 0 Å². The highest BCUT2D eigenvalue weighted by Gasteiger charge is 2.48. The zero-order valence-electron chi connectivity index (χ0n) is 16.3. The van der Waals surface area contributed by atoms with Gasteiger partial charge in [0.1, 0.15) is 11.9 Å². The van der Waals surface area contributed by atoms with Crippen LogP contribution in [0.25, 0.3) is 0 Å². The molecule has 2 aliphatic carbocycles. The molecule has 0 aromatic carbocycles. The molecule has 2 saturated carbocycles. The average Bonchev–Trinajstić information content (AvgIpc) is 3.25. The topological polar surface area (TPSA) is 55.7 Å². The Hall–Kier alpha value is -1.75. The summed E-state index contributed by atoms with van der Waals surface area (Å²) in [6, 6.07) is 2.03. The molecule has 4 rings (SSSR count). The van der Waals surface area contributed by atoms with E-state index in [4.69, 9.17) is 9.73 Å². The van der Waals surface area contributed by atoms with Crippen molar-refractivity contribution in [1.29, 1.82) is 0 Å². The second kappa shape index (κ2) is 7.01. The van der Waals surface area contributed by atoms with Crippen LogP contribution in [0.2, 0.25) is 0 Å². The van der Waals surface area contributed by atoms with E-state index in [2.05, 4.69) is 19.2 Å². The molecule has 0 N–H and O–H groups in total. The highest BCUT2D eigenvalue weighted by Crippen LogP contribution is 2.47. The van der Waals surface area contributed by atoms with E-state index in [1.165, 1.54) is 0 Å². The van der Waals surface area contributed by atoms with Gasteiger partial charge in [0.05, 0.1) is 11.5 Å². The zero-order chi connectivity index (χ0) is 19.2. The number of nitrogens with zero attached hydrogens (tertiary/aromatic N) is 1. The molecular formula is C22H27NO3S. The maximum Gasteiger partial charge on any atom is 0.336 e. The number of hydrogen-bond donors (Lipinski definition) is 0. The molecule has 0 amide bonds. The van der Waals surface area contributed by atoms with Crippen LogP contribution in [0.1, 0.15) is 70.8 Å². The Morgan fingerprint density at radius 1 is 1.22 bits per heavy atom. The van der Waals surface area contributed by atoms with Gasteiger partial charge in [0.25, 0.3) is 0 Å². The first kappa shape index (κ1) is 18.6. The first-order valence-electron chi connectivity index (χ1n) is 9.90. The molecule has 1 aromatic rings. The van der Waals surface area contributed by atoms with Gasteiger partial charge < -0.3 is 4.74 Å². The van der Waals surface area contributed by atoms with Crippen LogP contribution in [0.5, 0.6) is 0 Å². The Morgan fingerprint density at radius 2 is 1.96 bits per heavy atom. The largest absolute Gasteiger partial charge is 0.459 e. The van der Waals surface area contributed by atoms with Gasteiger partial charge >= 0.3 is 5.97 Å². The lowest BCUT2D eigenvalue weighted by Crippen LogP contribution is -2.44. The number of allylic oxidation sites excluding steroid dienone is 1. The van der Waals surface area contributed by atoms with Crippen molar-refractivity contribution in [3.63, 3.8) is 0 Å². The minimum atomic E-state index is -0.331. The standard InChI is InChI=1S/C22H27NO3S/c1-13-18(21(25)26-15-6-4-5-7-15)19(14-8-9-27-12-14)20-16(23-13)10-22(2,3)11-17(20)24/h8-9,12,15,19-20H,4-7,10-11H2,1-3H3/t19-,20-/m0/s1. The maximum absolute atomic E-state index is 13.1. The number of aliphatic imine (C=N–C) groups is 1. The molecule has 0 bridgehead atoms. The second-order valence-electron chi connectivity index (χ2n) is 8.91. The molecule has 0 unspecified atom stereocenters. The van der Waals surface area contributed by atoms with E-state index in [0.717, 1.165) is 43.4 Å². The monoisotopic (exact) mass is 385 g/mol. The smallest absolute Gasteiger partial charge is 0.336 e. The lowest BCUT2D eigenvalue weighted by atomic mass is 9.63. The van der Waals surface area contributed by atoms with Gasteiger partial charge in [-0.3, -0.25) is 9.79 Å². The highest BCUT2D eigenvalue weighted by atomic mass is 32.1. The lowest BCUT2D eigenvalue weighted by Gasteiger charge is -2.40. The molecule has 0 spiro atoms. The Kier molecular flexibility index (Phi) is 4.83. The number of rotatable bonds is 3. The van der Waals surface area contributed by atoms with Gasteiger partial charge in [0.2, 0.25) is 0 Å². The van der Waals surface area contributed by atoms with Gasteiger partial charge in [-0.2, -0.15) is 11.3 Å². The predicted octanol–water partition coefficient (Wildman–Crippen LogP) is 5.05. The quantitative estimate of drug-likeness (QED) is 0.684. The van der Waals surface area contributed by atoms with Gasteiger partial charge in [0.15, 0.2) is 0 Å². The lowest BCUT2D eigenvalue weighted by molar-refractivity contribution is -0.144. The van der Waals surface area contributed by atoms with Crippen molar-refractivity contribution in [2.24, 2.45) is 16.3 Å². The summed E-state index contributed by atoms with van der Waals surface area (Å²) in [7, 11) is 0. The Labute approximate surface area is 164 Å². The molecule has 5 heteroatoms. The minimum Gasteiger partial charge on any atom is -0.459 e. The molecule has 2 fully saturated rings. The van der Waals surface area contributed by atoms with Gasteiger partial charge in [-0.05, 0) is 66.8 Å². The minimum absolute atomic E-state index is 0.00675. The first-order valence-corrected chi connectivity index (χ1v) is 10.8. The van der Waals surface area contributed by atoms with Crippen LogP contribution in [0.3, 0.4) is 0 Å². The third-order valence-corrected chi connectivity index (χ3v) is 6.76. The van der Waals surface area contributed by atoms with Crippen molar-refractivity contribution in [1.82, 2.24) is 0 Å². The fourth-order valence-corrected chi connectivity index (χ4v) is 5.59. The van der Waals surface area contributed by atoms with Crippen LogP contribution >= 0.6 is 11.3 Å². The molecule has 0 saturated heterocycles. The maximum atomic E-state index is 13.1. The molecular weight excluding hydrogens is 358 g/mol. The summed E-state index contributed by atoms with van der Waals surface area (Å²) in [5, 5.41) is 4.06. The molecule has 1 aliphatic heterocycles. The number of hydrogen-bond acceptors (Lipinski definition) is 5. The molecule has 27 heavy (non-hydrogen) atoms. The van der Waals surface area contributed by atoms with E-state index in [9.17, 15) is 9.59 Å². The fraction of sp³-hybridized carbons (Fsp3) is 0.591. The van der Waals surface area contributed by atoms with Crippen LogP contribution in [0, 0.1) is 11.3 Å².